The molecule has 148 valence electrons. The van der Waals surface area contributed by atoms with Gasteiger partial charge in [0.15, 0.2) is 0 Å². The number of rotatable bonds is 7. The Kier molecular flexibility index (Phi) is 5.53. The van der Waals surface area contributed by atoms with Crippen molar-refractivity contribution in [1.29, 1.82) is 0 Å². The molecule has 2 aromatic carbocycles. The largest absolute Gasteiger partial charge is 0.416 e. The van der Waals surface area contributed by atoms with Crippen molar-refractivity contribution in [2.24, 2.45) is 0 Å². The van der Waals surface area contributed by atoms with Crippen LogP contribution in [0.15, 0.2) is 42.5 Å². The number of nitrogens with zero attached hydrogens (tertiary/aromatic N) is 1. The molecule has 0 saturated heterocycles. The van der Waals surface area contributed by atoms with Gasteiger partial charge in [0.2, 0.25) is 0 Å². The molecule has 28 heavy (non-hydrogen) atoms. The molecule has 1 aliphatic rings. The number of carbonyl (C=O) groups excluding carboxylic acids is 1. The first-order chi connectivity index (χ1) is 13.2. The second-order valence-electron chi connectivity index (χ2n) is 6.61. The van der Waals surface area contributed by atoms with Crippen molar-refractivity contribution in [2.75, 3.05) is 11.9 Å². The van der Waals surface area contributed by atoms with E-state index in [4.69, 9.17) is 0 Å². The summed E-state index contributed by atoms with van der Waals surface area (Å²) in [5.41, 5.74) is 0.285. The zero-order valence-electron chi connectivity index (χ0n) is 14.8. The van der Waals surface area contributed by atoms with Crippen molar-refractivity contribution in [2.45, 2.75) is 31.5 Å². The Balaban J connectivity index is 1.58. The molecule has 0 radical (unpaired) electrons. The smallest absolute Gasteiger partial charge is 0.377 e. The quantitative estimate of drug-likeness (QED) is 0.547. The highest BCUT2D eigenvalue weighted by Crippen LogP contribution is 2.31. The second kappa shape index (κ2) is 7.87. The number of nitro groups is 1. The Hall–Kier alpha value is -3.10. The number of anilines is 1. The average Bonchev–Trinajstić information content (AvgIpc) is 3.45. The van der Waals surface area contributed by atoms with Gasteiger partial charge in [-0.05, 0) is 49.1 Å². The standard InChI is InChI=1S/C19H18F3N3O3/c20-19(21,22)14-4-1-12(2-5-14)9-10-23-18(26)13-3-8-16(24-15-6-7-15)17(11-13)25(27)28/h1-5,8,11,15,24H,6-7,9-10H2,(H,23,26). The number of benzene rings is 2. The molecule has 1 saturated carbocycles. The van der Waals surface area contributed by atoms with Crippen molar-refractivity contribution in [3.8, 4) is 0 Å². The van der Waals surface area contributed by atoms with E-state index in [1.165, 1.54) is 30.3 Å². The van der Waals surface area contributed by atoms with Crippen LogP contribution in [-0.2, 0) is 12.6 Å². The van der Waals surface area contributed by atoms with E-state index in [0.29, 0.717) is 17.7 Å². The highest BCUT2D eigenvalue weighted by atomic mass is 19.4. The molecule has 0 spiro atoms. The molecule has 0 bridgehead atoms. The molecule has 1 aliphatic carbocycles. The number of hydrogen-bond acceptors (Lipinski definition) is 4. The van der Waals surface area contributed by atoms with Gasteiger partial charge in [0, 0.05) is 24.2 Å². The molecule has 0 atom stereocenters. The van der Waals surface area contributed by atoms with Gasteiger partial charge in [-0.15, -0.1) is 0 Å². The molecular weight excluding hydrogens is 375 g/mol. The molecule has 2 N–H and O–H groups in total. The van der Waals surface area contributed by atoms with Crippen LogP contribution in [0.4, 0.5) is 24.5 Å². The van der Waals surface area contributed by atoms with Gasteiger partial charge >= 0.3 is 6.18 Å². The van der Waals surface area contributed by atoms with Gasteiger partial charge in [-0.2, -0.15) is 13.2 Å². The second-order valence-corrected chi connectivity index (χ2v) is 6.61. The summed E-state index contributed by atoms with van der Waals surface area (Å²) in [5.74, 6) is -0.479. The van der Waals surface area contributed by atoms with Crippen molar-refractivity contribution >= 4 is 17.3 Å². The topological polar surface area (TPSA) is 84.3 Å². The molecule has 6 nitrogen and oxygen atoms in total. The molecule has 2 aromatic rings. The van der Waals surface area contributed by atoms with Crippen LogP contribution in [0.5, 0.6) is 0 Å². The monoisotopic (exact) mass is 393 g/mol. The number of hydrogen-bond donors (Lipinski definition) is 2. The first kappa shape index (κ1) is 19.7. The van der Waals surface area contributed by atoms with Crippen molar-refractivity contribution in [1.82, 2.24) is 5.32 Å². The van der Waals surface area contributed by atoms with Crippen LogP contribution in [0.1, 0.15) is 34.3 Å². The fraction of sp³-hybridized carbons (Fsp3) is 0.316. The third-order valence-corrected chi connectivity index (χ3v) is 4.37. The van der Waals surface area contributed by atoms with Gasteiger partial charge in [0.1, 0.15) is 5.69 Å². The molecule has 0 unspecified atom stereocenters. The summed E-state index contributed by atoms with van der Waals surface area (Å²) in [6, 6.07) is 9.18. The number of halogens is 3. The van der Waals surface area contributed by atoms with E-state index in [1.807, 2.05) is 0 Å². The maximum absolute atomic E-state index is 12.5. The van der Waals surface area contributed by atoms with Crippen LogP contribution in [-0.4, -0.2) is 23.4 Å². The molecule has 0 aliphatic heterocycles. The Morgan fingerprint density at radius 1 is 1.14 bits per heavy atom. The van der Waals surface area contributed by atoms with Crippen molar-refractivity contribution in [3.63, 3.8) is 0 Å². The first-order valence-electron chi connectivity index (χ1n) is 8.73. The van der Waals surface area contributed by atoms with Crippen LogP contribution in [0.2, 0.25) is 0 Å². The van der Waals surface area contributed by atoms with E-state index < -0.39 is 22.6 Å². The summed E-state index contributed by atoms with van der Waals surface area (Å²) in [5, 5.41) is 16.9. The maximum Gasteiger partial charge on any atom is 0.416 e. The minimum absolute atomic E-state index is 0.153. The van der Waals surface area contributed by atoms with E-state index in [-0.39, 0.29) is 23.8 Å². The number of nitrogens with one attached hydrogen (secondary N) is 2. The Labute approximate surface area is 158 Å². The lowest BCUT2D eigenvalue weighted by Gasteiger charge is -2.09. The lowest BCUT2D eigenvalue weighted by Crippen LogP contribution is -2.25. The SMILES string of the molecule is O=C(NCCc1ccc(C(F)(F)F)cc1)c1ccc(NC2CC2)c([N+](=O)[O-])c1. The van der Waals surface area contributed by atoms with Gasteiger partial charge < -0.3 is 10.6 Å². The molecular formula is C19H18F3N3O3. The summed E-state index contributed by atoms with van der Waals surface area (Å²) in [6.45, 7) is 0.195. The normalized spacial score (nSPS) is 13.8. The van der Waals surface area contributed by atoms with Crippen LogP contribution < -0.4 is 10.6 Å². The summed E-state index contributed by atoms with van der Waals surface area (Å²) in [4.78, 5) is 22.9. The summed E-state index contributed by atoms with van der Waals surface area (Å²) in [7, 11) is 0. The highest BCUT2D eigenvalue weighted by Gasteiger charge is 2.30. The number of amides is 1. The minimum atomic E-state index is -4.39. The van der Waals surface area contributed by atoms with E-state index in [9.17, 15) is 28.1 Å². The van der Waals surface area contributed by atoms with Gasteiger partial charge in [0.05, 0.1) is 10.5 Å². The van der Waals surface area contributed by atoms with Gasteiger partial charge in [0.25, 0.3) is 11.6 Å². The van der Waals surface area contributed by atoms with Crippen LogP contribution in [0.25, 0.3) is 0 Å². The van der Waals surface area contributed by atoms with E-state index >= 15 is 0 Å². The van der Waals surface area contributed by atoms with Gasteiger partial charge in [-0.3, -0.25) is 14.9 Å². The summed E-state index contributed by atoms with van der Waals surface area (Å²) in [6.07, 6.45) is -2.12. The molecule has 0 heterocycles. The molecule has 1 amide bonds. The van der Waals surface area contributed by atoms with Crippen LogP contribution >= 0.6 is 0 Å². The predicted molar refractivity (Wildman–Crippen MR) is 97.2 cm³/mol. The Morgan fingerprint density at radius 2 is 1.82 bits per heavy atom. The molecule has 1 fully saturated rings. The van der Waals surface area contributed by atoms with E-state index in [2.05, 4.69) is 10.6 Å². The lowest BCUT2D eigenvalue weighted by atomic mass is 10.1. The number of alkyl halides is 3. The highest BCUT2D eigenvalue weighted by molar-refractivity contribution is 5.95. The number of nitro benzene ring substituents is 1. The molecule has 9 heteroatoms. The van der Waals surface area contributed by atoms with Gasteiger partial charge in [-0.25, -0.2) is 0 Å². The maximum atomic E-state index is 12.5. The van der Waals surface area contributed by atoms with Crippen LogP contribution in [0.3, 0.4) is 0 Å². The van der Waals surface area contributed by atoms with Crippen LogP contribution in [0, 0.1) is 10.1 Å². The van der Waals surface area contributed by atoms with Crippen molar-refractivity contribution < 1.29 is 22.9 Å². The average molecular weight is 393 g/mol. The lowest BCUT2D eigenvalue weighted by molar-refractivity contribution is -0.384. The number of carbonyl (C=O) groups is 1. The van der Waals surface area contributed by atoms with E-state index in [1.54, 1.807) is 0 Å². The summed E-state index contributed by atoms with van der Waals surface area (Å²) < 4.78 is 37.6. The third-order valence-electron chi connectivity index (χ3n) is 4.37. The summed E-state index contributed by atoms with van der Waals surface area (Å²) >= 11 is 0. The van der Waals surface area contributed by atoms with Crippen molar-refractivity contribution in [3.05, 3.63) is 69.3 Å². The van der Waals surface area contributed by atoms with Gasteiger partial charge in [-0.1, -0.05) is 12.1 Å². The zero-order valence-corrected chi connectivity index (χ0v) is 14.8. The molecule has 0 aromatic heterocycles. The molecule has 3 rings (SSSR count). The Bertz CT molecular complexity index is 878. The fourth-order valence-corrected chi connectivity index (χ4v) is 2.68. The zero-order chi connectivity index (χ0) is 20.3. The first-order valence-corrected chi connectivity index (χ1v) is 8.73. The predicted octanol–water partition coefficient (Wildman–Crippen LogP) is 4.16. The fourth-order valence-electron chi connectivity index (χ4n) is 2.68. The minimum Gasteiger partial charge on any atom is -0.377 e. The Morgan fingerprint density at radius 3 is 2.39 bits per heavy atom. The third kappa shape index (κ3) is 4.99. The van der Waals surface area contributed by atoms with E-state index in [0.717, 1.165) is 25.0 Å².